The third-order valence-electron chi connectivity index (χ3n) is 10.1. The van der Waals surface area contributed by atoms with Crippen molar-refractivity contribution >= 4 is 82.8 Å². The number of hydrogen-bond acceptors (Lipinski definition) is 5. The van der Waals surface area contributed by atoms with Crippen LogP contribution >= 0.6 is 0 Å². The number of oxazole rings is 1. The van der Waals surface area contributed by atoms with Gasteiger partial charge in [-0.25, -0.2) is 4.98 Å². The minimum atomic E-state index is 0.592. The van der Waals surface area contributed by atoms with E-state index in [2.05, 4.69) is 120 Å². The number of furan rings is 2. The zero-order valence-corrected chi connectivity index (χ0v) is 27.8. The van der Waals surface area contributed by atoms with E-state index in [1.807, 2.05) is 54.6 Å². The van der Waals surface area contributed by atoms with Gasteiger partial charge in [-0.15, -0.1) is 0 Å². The summed E-state index contributed by atoms with van der Waals surface area (Å²) in [6.07, 6.45) is 0. The molecule has 0 aliphatic heterocycles. The van der Waals surface area contributed by atoms with Gasteiger partial charge in [0.2, 0.25) is 5.89 Å². The number of para-hydroxylation sites is 1. The van der Waals surface area contributed by atoms with Crippen molar-refractivity contribution in [3.8, 4) is 22.6 Å². The van der Waals surface area contributed by atoms with E-state index in [-0.39, 0.29) is 0 Å². The van der Waals surface area contributed by atoms with Crippen LogP contribution in [0.3, 0.4) is 0 Å². The van der Waals surface area contributed by atoms with Crippen LogP contribution in [0.2, 0.25) is 0 Å². The highest BCUT2D eigenvalue weighted by atomic mass is 16.4. The van der Waals surface area contributed by atoms with Gasteiger partial charge in [0, 0.05) is 44.9 Å². The molecule has 0 bridgehead atoms. The van der Waals surface area contributed by atoms with Crippen LogP contribution in [-0.2, 0) is 0 Å². The summed E-state index contributed by atoms with van der Waals surface area (Å²) in [6, 6.07) is 58.7. The van der Waals surface area contributed by atoms with Crippen molar-refractivity contribution in [2.45, 2.75) is 0 Å². The van der Waals surface area contributed by atoms with Crippen molar-refractivity contribution in [3.05, 3.63) is 170 Å². The van der Waals surface area contributed by atoms with Gasteiger partial charge in [0.25, 0.3) is 0 Å². The van der Waals surface area contributed by atoms with Crippen molar-refractivity contribution in [3.63, 3.8) is 0 Å². The molecular formula is C47H28N2O3. The summed E-state index contributed by atoms with van der Waals surface area (Å²) >= 11 is 0. The second kappa shape index (κ2) is 11.2. The number of hydrogen-bond donors (Lipinski definition) is 0. The first-order chi connectivity index (χ1) is 25.7. The van der Waals surface area contributed by atoms with Crippen molar-refractivity contribution in [2.75, 3.05) is 4.90 Å². The number of nitrogens with zero attached hydrogens (tertiary/aromatic N) is 2. The van der Waals surface area contributed by atoms with Crippen molar-refractivity contribution in [1.29, 1.82) is 0 Å². The molecule has 5 nitrogen and oxygen atoms in total. The molecule has 0 N–H and O–H groups in total. The first kappa shape index (κ1) is 28.7. The molecule has 0 radical (unpaired) electrons. The number of aromatic nitrogens is 1. The second-order valence-corrected chi connectivity index (χ2v) is 13.1. The molecule has 11 aromatic rings. The Bertz CT molecular complexity index is 3130. The van der Waals surface area contributed by atoms with Crippen LogP contribution in [0.25, 0.3) is 88.3 Å². The van der Waals surface area contributed by atoms with Gasteiger partial charge in [0.1, 0.15) is 27.8 Å². The van der Waals surface area contributed by atoms with Crippen LogP contribution in [0.5, 0.6) is 0 Å². The fourth-order valence-electron chi connectivity index (χ4n) is 7.65. The molecule has 8 aromatic carbocycles. The third-order valence-corrected chi connectivity index (χ3v) is 10.1. The molecule has 244 valence electrons. The number of anilines is 3. The predicted octanol–water partition coefficient (Wildman–Crippen LogP) is 13.6. The molecule has 0 atom stereocenters. The Kier molecular flexibility index (Phi) is 6.18. The first-order valence-electron chi connectivity index (χ1n) is 17.4. The number of fused-ring (bicyclic) bond motifs is 9. The minimum absolute atomic E-state index is 0.592. The summed E-state index contributed by atoms with van der Waals surface area (Å²) in [7, 11) is 0. The molecular weight excluding hydrogens is 641 g/mol. The highest BCUT2D eigenvalue weighted by Crippen LogP contribution is 2.43. The third kappa shape index (κ3) is 4.46. The van der Waals surface area contributed by atoms with E-state index in [9.17, 15) is 0 Å². The van der Waals surface area contributed by atoms with Crippen LogP contribution in [0, 0.1) is 0 Å². The molecule has 3 aromatic heterocycles. The van der Waals surface area contributed by atoms with E-state index >= 15 is 0 Å². The largest absolute Gasteiger partial charge is 0.456 e. The van der Waals surface area contributed by atoms with Gasteiger partial charge in [0.05, 0.1) is 5.39 Å². The van der Waals surface area contributed by atoms with Gasteiger partial charge < -0.3 is 18.2 Å². The molecule has 0 saturated heterocycles. The van der Waals surface area contributed by atoms with E-state index in [0.717, 1.165) is 83.2 Å². The highest BCUT2D eigenvalue weighted by Gasteiger charge is 2.20. The molecule has 3 heterocycles. The van der Waals surface area contributed by atoms with Crippen LogP contribution in [0.15, 0.2) is 183 Å². The zero-order chi connectivity index (χ0) is 34.2. The number of rotatable bonds is 5. The van der Waals surface area contributed by atoms with E-state index < -0.39 is 0 Å². The van der Waals surface area contributed by atoms with Crippen LogP contribution < -0.4 is 4.90 Å². The summed E-state index contributed by atoms with van der Waals surface area (Å²) in [4.78, 5) is 7.08. The summed E-state index contributed by atoms with van der Waals surface area (Å²) in [5.41, 5.74) is 11.1. The van der Waals surface area contributed by atoms with Crippen molar-refractivity contribution < 1.29 is 13.3 Å². The van der Waals surface area contributed by atoms with E-state index in [0.29, 0.717) is 5.89 Å². The first-order valence-corrected chi connectivity index (χ1v) is 17.4. The maximum atomic E-state index is 6.54. The molecule has 0 amide bonds. The quantitative estimate of drug-likeness (QED) is 0.183. The lowest BCUT2D eigenvalue weighted by Gasteiger charge is -2.26. The Morgan fingerprint density at radius 2 is 1.10 bits per heavy atom. The molecule has 0 saturated carbocycles. The van der Waals surface area contributed by atoms with Gasteiger partial charge in [-0.2, -0.15) is 0 Å². The van der Waals surface area contributed by atoms with Crippen molar-refractivity contribution in [2.24, 2.45) is 0 Å². The van der Waals surface area contributed by atoms with E-state index in [1.165, 1.54) is 16.3 Å². The maximum Gasteiger partial charge on any atom is 0.227 e. The zero-order valence-electron chi connectivity index (χ0n) is 27.8. The van der Waals surface area contributed by atoms with Crippen LogP contribution in [-0.4, -0.2) is 4.98 Å². The highest BCUT2D eigenvalue weighted by molar-refractivity contribution is 6.17. The van der Waals surface area contributed by atoms with Crippen molar-refractivity contribution in [1.82, 2.24) is 4.98 Å². The maximum absolute atomic E-state index is 6.54. The lowest BCUT2D eigenvalue weighted by atomic mass is 9.98. The minimum Gasteiger partial charge on any atom is -0.456 e. The average Bonchev–Trinajstić information content (AvgIpc) is 3.91. The summed E-state index contributed by atoms with van der Waals surface area (Å²) in [5.74, 6) is 0.592. The molecule has 0 aliphatic rings. The number of benzene rings is 8. The van der Waals surface area contributed by atoms with E-state index in [4.69, 9.17) is 18.2 Å². The Morgan fingerprint density at radius 3 is 2.00 bits per heavy atom. The molecule has 52 heavy (non-hydrogen) atoms. The standard InChI is InChI=1S/C47H28N2O3/c1-2-10-31(11-3-1)47-48-40-24-26-43-45(46(40)52-47)38-23-21-34(28-44(38)51-43)49(33-22-25-42-39(27-33)37-14-6-7-16-41(37)50-42)32-19-17-30(18-20-32)36-15-8-12-29-9-4-5-13-35(29)36/h1-28H. The fourth-order valence-corrected chi connectivity index (χ4v) is 7.65. The smallest absolute Gasteiger partial charge is 0.227 e. The SMILES string of the molecule is c1ccc(-c2nc3ccc4oc5cc(N(c6ccc(-c7cccc8ccccc78)cc6)c6ccc7oc8ccccc8c7c6)ccc5c4c3o2)cc1. The van der Waals surface area contributed by atoms with Gasteiger partial charge >= 0.3 is 0 Å². The fraction of sp³-hybridized carbons (Fsp3) is 0. The molecule has 0 fully saturated rings. The van der Waals surface area contributed by atoms with Crippen LogP contribution in [0.4, 0.5) is 17.1 Å². The van der Waals surface area contributed by atoms with Gasteiger partial charge in [-0.1, -0.05) is 91.0 Å². The lowest BCUT2D eigenvalue weighted by molar-refractivity contribution is 0.622. The summed E-state index contributed by atoms with van der Waals surface area (Å²) < 4.78 is 19.2. The average molecular weight is 669 g/mol. The Balaban J connectivity index is 1.08. The predicted molar refractivity (Wildman–Crippen MR) is 212 cm³/mol. The Labute approximate surface area is 297 Å². The van der Waals surface area contributed by atoms with Gasteiger partial charge in [-0.3, -0.25) is 0 Å². The Hall–Kier alpha value is -7.11. The topological polar surface area (TPSA) is 55.6 Å². The van der Waals surface area contributed by atoms with Gasteiger partial charge in [-0.05, 0) is 94.7 Å². The normalized spacial score (nSPS) is 11.8. The molecule has 0 aliphatic carbocycles. The lowest BCUT2D eigenvalue weighted by Crippen LogP contribution is -2.09. The summed E-state index contributed by atoms with van der Waals surface area (Å²) in [6.45, 7) is 0. The van der Waals surface area contributed by atoms with Crippen LogP contribution in [0.1, 0.15) is 0 Å². The molecule has 11 rings (SSSR count). The molecule has 0 spiro atoms. The monoisotopic (exact) mass is 668 g/mol. The summed E-state index contributed by atoms with van der Waals surface area (Å²) in [5, 5.41) is 6.51. The second-order valence-electron chi connectivity index (χ2n) is 13.1. The molecule has 0 unspecified atom stereocenters. The van der Waals surface area contributed by atoms with Gasteiger partial charge in [0.15, 0.2) is 5.58 Å². The Morgan fingerprint density at radius 1 is 0.404 bits per heavy atom. The molecule has 5 heteroatoms. The van der Waals surface area contributed by atoms with E-state index in [1.54, 1.807) is 0 Å².